The molecule has 2 aromatic heterocycles. The third-order valence-corrected chi connectivity index (χ3v) is 3.54. The van der Waals surface area contributed by atoms with Gasteiger partial charge in [-0.05, 0) is 30.4 Å². The van der Waals surface area contributed by atoms with Crippen molar-refractivity contribution < 1.29 is 18.7 Å². The van der Waals surface area contributed by atoms with Gasteiger partial charge in [-0.2, -0.15) is 0 Å². The topological polar surface area (TPSA) is 56.5 Å². The fraction of sp³-hybridized carbons (Fsp3) is 0.0769. The van der Waals surface area contributed by atoms with E-state index in [4.69, 9.17) is 16.0 Å². The average molecular weight is 297 g/mol. The number of halogens is 1. The Bertz CT molecular complexity index is 639. The summed E-state index contributed by atoms with van der Waals surface area (Å²) in [5.74, 6) is -0.707. The van der Waals surface area contributed by atoms with Crippen LogP contribution in [0.15, 0.2) is 35.0 Å². The number of carbonyl (C=O) groups excluding carboxylic acids is 2. The maximum absolute atomic E-state index is 11.8. The molecule has 4 nitrogen and oxygen atoms in total. The van der Waals surface area contributed by atoms with E-state index in [1.807, 2.05) is 0 Å². The Morgan fingerprint density at radius 1 is 1.37 bits per heavy atom. The van der Waals surface area contributed by atoms with Gasteiger partial charge in [0.05, 0.1) is 22.6 Å². The Hall–Kier alpha value is -1.85. The summed E-state index contributed by atoms with van der Waals surface area (Å²) < 4.78 is 10.1. The molecule has 0 saturated carbocycles. The fourth-order valence-corrected chi connectivity index (χ4v) is 2.37. The van der Waals surface area contributed by atoms with Crippen molar-refractivity contribution in [2.45, 2.75) is 0 Å². The summed E-state index contributed by atoms with van der Waals surface area (Å²) >= 11 is 6.95. The second-order valence-corrected chi connectivity index (χ2v) is 5.21. The molecule has 0 amide bonds. The van der Waals surface area contributed by atoms with Crippen LogP contribution in [0.25, 0.3) is 6.08 Å². The number of hydrogen-bond donors (Lipinski definition) is 0. The number of furan rings is 1. The number of hydrogen-bond acceptors (Lipinski definition) is 5. The van der Waals surface area contributed by atoms with Crippen LogP contribution >= 0.6 is 22.9 Å². The molecule has 6 heteroatoms. The highest BCUT2D eigenvalue weighted by Crippen LogP contribution is 2.22. The van der Waals surface area contributed by atoms with E-state index >= 15 is 0 Å². The van der Waals surface area contributed by atoms with Gasteiger partial charge in [-0.1, -0.05) is 11.6 Å². The summed E-state index contributed by atoms with van der Waals surface area (Å²) in [6, 6.07) is 4.89. The predicted octanol–water partition coefficient (Wildman–Crippen LogP) is 3.68. The van der Waals surface area contributed by atoms with Crippen LogP contribution in [0.1, 0.15) is 25.8 Å². The smallest absolute Gasteiger partial charge is 0.374 e. The Kier molecular flexibility index (Phi) is 4.19. The van der Waals surface area contributed by atoms with Crippen molar-refractivity contribution in [1.29, 1.82) is 0 Å². The van der Waals surface area contributed by atoms with Crippen molar-refractivity contribution in [3.8, 4) is 0 Å². The highest BCUT2D eigenvalue weighted by atomic mass is 35.5. The number of thiophene rings is 1. The van der Waals surface area contributed by atoms with Crippen molar-refractivity contribution >= 4 is 40.8 Å². The molecule has 0 fully saturated rings. The van der Waals surface area contributed by atoms with Gasteiger partial charge in [0.2, 0.25) is 5.76 Å². The average Bonchev–Trinajstić information content (AvgIpc) is 3.03. The summed E-state index contributed by atoms with van der Waals surface area (Å²) in [5.41, 5.74) is 0.489. The monoisotopic (exact) mass is 296 g/mol. The molecule has 0 radical (unpaired) electrons. The SMILES string of the molecule is COC(=O)c1occc1/C=C/C(=O)c1ccc(Cl)s1. The summed E-state index contributed by atoms with van der Waals surface area (Å²) in [4.78, 5) is 23.7. The number of rotatable bonds is 4. The van der Waals surface area contributed by atoms with E-state index < -0.39 is 5.97 Å². The molecule has 19 heavy (non-hydrogen) atoms. The predicted molar refractivity (Wildman–Crippen MR) is 72.7 cm³/mol. The Balaban J connectivity index is 2.17. The van der Waals surface area contributed by atoms with Crippen LogP contribution in [0, 0.1) is 0 Å². The quantitative estimate of drug-likeness (QED) is 0.490. The molecule has 2 heterocycles. The van der Waals surface area contributed by atoms with Crippen LogP contribution in [-0.2, 0) is 4.74 Å². The summed E-state index contributed by atoms with van der Waals surface area (Å²) in [6.45, 7) is 0. The molecule has 0 unspecified atom stereocenters. The molecule has 0 spiro atoms. The first-order valence-electron chi connectivity index (χ1n) is 5.25. The summed E-state index contributed by atoms with van der Waals surface area (Å²) in [5, 5.41) is 0. The van der Waals surface area contributed by atoms with E-state index in [0.29, 0.717) is 14.8 Å². The molecule has 0 aromatic carbocycles. The van der Waals surface area contributed by atoms with Crippen molar-refractivity contribution in [1.82, 2.24) is 0 Å². The molecule has 0 N–H and O–H groups in total. The van der Waals surface area contributed by atoms with E-state index in [-0.39, 0.29) is 11.5 Å². The molecular weight excluding hydrogens is 288 g/mol. The van der Waals surface area contributed by atoms with Gasteiger partial charge in [-0.3, -0.25) is 4.79 Å². The highest BCUT2D eigenvalue weighted by Gasteiger charge is 2.14. The van der Waals surface area contributed by atoms with Crippen LogP contribution in [0.2, 0.25) is 4.34 Å². The second kappa shape index (κ2) is 5.86. The van der Waals surface area contributed by atoms with Crippen molar-refractivity contribution in [2.24, 2.45) is 0 Å². The van der Waals surface area contributed by atoms with Gasteiger partial charge in [0.1, 0.15) is 0 Å². The van der Waals surface area contributed by atoms with Gasteiger partial charge in [0, 0.05) is 5.56 Å². The lowest BCUT2D eigenvalue weighted by Gasteiger charge is -1.95. The molecule has 98 valence electrons. The van der Waals surface area contributed by atoms with E-state index in [2.05, 4.69) is 4.74 Å². The molecule has 2 aromatic rings. The third-order valence-electron chi connectivity index (χ3n) is 2.30. The van der Waals surface area contributed by atoms with Crippen LogP contribution < -0.4 is 0 Å². The molecule has 0 atom stereocenters. The molecular formula is C13H9ClO4S. The first-order chi connectivity index (χ1) is 9.11. The third kappa shape index (κ3) is 3.13. The molecule has 2 rings (SSSR count). The zero-order valence-electron chi connectivity index (χ0n) is 9.88. The Labute approximate surface area is 118 Å². The first-order valence-corrected chi connectivity index (χ1v) is 6.45. The Morgan fingerprint density at radius 3 is 2.79 bits per heavy atom. The van der Waals surface area contributed by atoms with E-state index in [1.165, 1.54) is 36.9 Å². The lowest BCUT2D eigenvalue weighted by atomic mass is 10.2. The van der Waals surface area contributed by atoms with Crippen molar-refractivity contribution in [3.05, 3.63) is 51.1 Å². The normalized spacial score (nSPS) is 10.8. The van der Waals surface area contributed by atoms with Crippen LogP contribution in [0.3, 0.4) is 0 Å². The van der Waals surface area contributed by atoms with E-state index in [1.54, 1.807) is 18.2 Å². The standard InChI is InChI=1S/C13H9ClO4S/c1-17-13(16)12-8(6-7-18-12)2-3-9(15)10-4-5-11(14)19-10/h2-7H,1H3/b3-2+. The van der Waals surface area contributed by atoms with Crippen molar-refractivity contribution in [3.63, 3.8) is 0 Å². The molecule has 0 saturated heterocycles. The zero-order valence-corrected chi connectivity index (χ0v) is 11.5. The first kappa shape index (κ1) is 13.6. The number of ether oxygens (including phenoxy) is 1. The second-order valence-electron chi connectivity index (χ2n) is 3.50. The number of carbonyl (C=O) groups is 2. The molecule has 0 aliphatic carbocycles. The van der Waals surface area contributed by atoms with Crippen LogP contribution in [-0.4, -0.2) is 18.9 Å². The maximum Gasteiger partial charge on any atom is 0.374 e. The van der Waals surface area contributed by atoms with Crippen LogP contribution in [0.5, 0.6) is 0 Å². The van der Waals surface area contributed by atoms with Gasteiger partial charge in [0.15, 0.2) is 5.78 Å². The molecule has 0 bridgehead atoms. The minimum absolute atomic E-state index is 0.0655. The molecule has 0 aliphatic heterocycles. The van der Waals surface area contributed by atoms with Gasteiger partial charge < -0.3 is 9.15 Å². The molecule has 0 aliphatic rings. The summed E-state index contributed by atoms with van der Waals surface area (Å²) in [6.07, 6.45) is 4.23. The Morgan fingerprint density at radius 2 is 2.16 bits per heavy atom. The van der Waals surface area contributed by atoms with Gasteiger partial charge in [-0.25, -0.2) is 4.79 Å². The minimum Gasteiger partial charge on any atom is -0.463 e. The number of esters is 1. The minimum atomic E-state index is -0.587. The zero-order chi connectivity index (χ0) is 13.8. The lowest BCUT2D eigenvalue weighted by Crippen LogP contribution is -2.01. The number of ketones is 1. The van der Waals surface area contributed by atoms with E-state index in [9.17, 15) is 9.59 Å². The van der Waals surface area contributed by atoms with Crippen LogP contribution in [0.4, 0.5) is 0 Å². The number of allylic oxidation sites excluding steroid dienone is 1. The van der Waals surface area contributed by atoms with Crippen molar-refractivity contribution in [2.75, 3.05) is 7.11 Å². The van der Waals surface area contributed by atoms with E-state index in [0.717, 1.165) is 0 Å². The highest BCUT2D eigenvalue weighted by molar-refractivity contribution is 7.18. The maximum atomic E-state index is 11.8. The van der Waals surface area contributed by atoms with Gasteiger partial charge in [0.25, 0.3) is 0 Å². The van der Waals surface area contributed by atoms with Gasteiger partial charge >= 0.3 is 5.97 Å². The van der Waals surface area contributed by atoms with Gasteiger partial charge in [-0.15, -0.1) is 11.3 Å². The summed E-state index contributed by atoms with van der Waals surface area (Å²) in [7, 11) is 1.26. The fourth-order valence-electron chi connectivity index (χ4n) is 1.40. The number of methoxy groups -OCH3 is 1. The largest absolute Gasteiger partial charge is 0.463 e. The lowest BCUT2D eigenvalue weighted by molar-refractivity contribution is 0.0564.